The lowest BCUT2D eigenvalue weighted by Crippen LogP contribution is -2.50. The Labute approximate surface area is 161 Å². The monoisotopic (exact) mass is 399 g/mol. The third-order valence-electron chi connectivity index (χ3n) is 4.47. The fraction of sp³-hybridized carbons (Fsp3) is 0.222. The van der Waals surface area contributed by atoms with Crippen LogP contribution in [-0.4, -0.2) is 64.8 Å². The maximum Gasteiger partial charge on any atom is 0.276 e. The van der Waals surface area contributed by atoms with Crippen LogP contribution in [0.4, 0.5) is 0 Å². The number of carbonyl (C=O) groups excluding carboxylic acids is 1. The van der Waals surface area contributed by atoms with Gasteiger partial charge >= 0.3 is 0 Å². The van der Waals surface area contributed by atoms with Gasteiger partial charge in [-0.15, -0.1) is 0 Å². The van der Waals surface area contributed by atoms with Crippen LogP contribution in [-0.2, 0) is 10.0 Å². The molecular formula is C18H17N5O4S. The maximum atomic E-state index is 12.7. The Morgan fingerprint density at radius 3 is 2.36 bits per heavy atom. The lowest BCUT2D eigenvalue weighted by Gasteiger charge is -2.33. The minimum atomic E-state index is -3.62. The summed E-state index contributed by atoms with van der Waals surface area (Å²) < 4.78 is 31.9. The fourth-order valence-electron chi connectivity index (χ4n) is 2.96. The van der Waals surface area contributed by atoms with E-state index in [0.717, 1.165) is 5.56 Å². The quantitative estimate of drug-likeness (QED) is 0.650. The van der Waals surface area contributed by atoms with Crippen molar-refractivity contribution >= 4 is 15.9 Å². The fourth-order valence-corrected chi connectivity index (χ4v) is 4.35. The first-order valence-electron chi connectivity index (χ1n) is 8.62. The van der Waals surface area contributed by atoms with Crippen LogP contribution < -0.4 is 0 Å². The highest BCUT2D eigenvalue weighted by Crippen LogP contribution is 2.21. The number of aromatic nitrogens is 3. The van der Waals surface area contributed by atoms with Crippen LogP contribution in [0.5, 0.6) is 0 Å². The molecule has 0 spiro atoms. The first kappa shape index (κ1) is 18.3. The van der Waals surface area contributed by atoms with Gasteiger partial charge in [0.05, 0.1) is 0 Å². The van der Waals surface area contributed by atoms with Crippen LogP contribution in [0.1, 0.15) is 10.5 Å². The number of hydrogen-bond acceptors (Lipinski definition) is 7. The van der Waals surface area contributed by atoms with E-state index in [9.17, 15) is 13.2 Å². The van der Waals surface area contributed by atoms with Gasteiger partial charge in [-0.05, 0) is 24.3 Å². The Hall–Kier alpha value is -3.11. The first-order chi connectivity index (χ1) is 13.6. The number of carbonyl (C=O) groups is 1. The molecule has 1 aliphatic heterocycles. The zero-order valence-electron chi connectivity index (χ0n) is 14.8. The summed E-state index contributed by atoms with van der Waals surface area (Å²) >= 11 is 0. The van der Waals surface area contributed by atoms with Crippen LogP contribution in [0.15, 0.2) is 64.5 Å². The number of nitrogens with zero attached hydrogens (tertiary/aromatic N) is 5. The van der Waals surface area contributed by atoms with Gasteiger partial charge in [-0.3, -0.25) is 14.8 Å². The summed E-state index contributed by atoms with van der Waals surface area (Å²) in [6.07, 6.45) is 6.11. The van der Waals surface area contributed by atoms with E-state index in [-0.39, 0.29) is 42.7 Å². The van der Waals surface area contributed by atoms with Crippen molar-refractivity contribution in [1.82, 2.24) is 24.3 Å². The second-order valence-electron chi connectivity index (χ2n) is 6.20. The van der Waals surface area contributed by atoms with Gasteiger partial charge in [-0.25, -0.2) is 8.42 Å². The van der Waals surface area contributed by atoms with Crippen molar-refractivity contribution in [3.05, 3.63) is 60.8 Å². The van der Waals surface area contributed by atoms with Crippen molar-refractivity contribution in [2.45, 2.75) is 4.90 Å². The molecule has 0 aliphatic carbocycles. The lowest BCUT2D eigenvalue weighted by molar-refractivity contribution is 0.0687. The predicted molar refractivity (Wildman–Crippen MR) is 98.6 cm³/mol. The van der Waals surface area contributed by atoms with Crippen LogP contribution in [0.2, 0.25) is 0 Å². The Bertz CT molecular complexity index is 1060. The zero-order valence-corrected chi connectivity index (χ0v) is 15.6. The summed E-state index contributed by atoms with van der Waals surface area (Å²) in [5, 5.41) is 3.85. The molecule has 3 aromatic rings. The molecule has 0 bridgehead atoms. The minimum Gasteiger partial charge on any atom is -0.355 e. The van der Waals surface area contributed by atoms with Gasteiger partial charge in [0.15, 0.2) is 11.5 Å². The molecule has 0 saturated carbocycles. The topological polar surface area (TPSA) is 110 Å². The second-order valence-corrected chi connectivity index (χ2v) is 8.14. The molecule has 144 valence electrons. The molecule has 3 aromatic heterocycles. The van der Waals surface area contributed by atoms with Gasteiger partial charge in [0.25, 0.3) is 5.91 Å². The van der Waals surface area contributed by atoms with E-state index in [0.29, 0.717) is 5.76 Å². The molecule has 0 N–H and O–H groups in total. The van der Waals surface area contributed by atoms with Crippen LogP contribution in [0, 0.1) is 0 Å². The summed E-state index contributed by atoms with van der Waals surface area (Å²) in [5.41, 5.74) is 0.906. The summed E-state index contributed by atoms with van der Waals surface area (Å²) in [6, 6.07) is 8.23. The molecule has 10 heteroatoms. The van der Waals surface area contributed by atoms with E-state index < -0.39 is 10.0 Å². The van der Waals surface area contributed by atoms with E-state index in [1.165, 1.54) is 22.8 Å². The molecule has 1 fully saturated rings. The van der Waals surface area contributed by atoms with Crippen molar-refractivity contribution in [1.29, 1.82) is 0 Å². The number of amides is 1. The molecule has 4 heterocycles. The number of sulfonamides is 1. The number of rotatable bonds is 4. The molecule has 1 aliphatic rings. The van der Waals surface area contributed by atoms with Crippen LogP contribution in [0.3, 0.4) is 0 Å². The average Bonchev–Trinajstić information content (AvgIpc) is 3.25. The smallest absolute Gasteiger partial charge is 0.276 e. The van der Waals surface area contributed by atoms with E-state index in [2.05, 4.69) is 15.1 Å². The summed E-state index contributed by atoms with van der Waals surface area (Å²) in [4.78, 5) is 22.3. The number of piperazine rings is 1. The minimum absolute atomic E-state index is 0.146. The van der Waals surface area contributed by atoms with E-state index >= 15 is 0 Å². The third kappa shape index (κ3) is 3.51. The summed E-state index contributed by atoms with van der Waals surface area (Å²) in [7, 11) is -3.62. The standard InChI is InChI=1S/C18H17N5O4S/c24-18(16-11-17(27-21-16)14-3-1-5-19-12-14)22-7-9-23(10-8-22)28(25,26)15-4-2-6-20-13-15/h1-6,11-13H,7-10H2. The molecule has 0 radical (unpaired) electrons. The SMILES string of the molecule is O=C(c1cc(-c2cccnc2)on1)N1CCN(S(=O)(=O)c2cccnc2)CC1. The molecule has 28 heavy (non-hydrogen) atoms. The molecule has 0 atom stereocenters. The Kier molecular flexibility index (Phi) is 4.88. The lowest BCUT2D eigenvalue weighted by atomic mass is 10.2. The van der Waals surface area contributed by atoms with Crippen LogP contribution >= 0.6 is 0 Å². The van der Waals surface area contributed by atoms with Crippen molar-refractivity contribution in [2.75, 3.05) is 26.2 Å². The van der Waals surface area contributed by atoms with Gasteiger partial charge in [-0.2, -0.15) is 4.31 Å². The highest BCUT2D eigenvalue weighted by atomic mass is 32.2. The second kappa shape index (κ2) is 7.49. The van der Waals surface area contributed by atoms with Gasteiger partial charge < -0.3 is 9.42 Å². The van der Waals surface area contributed by atoms with Gasteiger partial charge in [0, 0.05) is 62.6 Å². The van der Waals surface area contributed by atoms with E-state index in [1.54, 1.807) is 35.5 Å². The predicted octanol–water partition coefficient (Wildman–Crippen LogP) is 1.28. The Balaban J connectivity index is 1.43. The highest BCUT2D eigenvalue weighted by molar-refractivity contribution is 7.89. The normalized spacial score (nSPS) is 15.5. The molecule has 0 unspecified atom stereocenters. The molecule has 4 rings (SSSR count). The van der Waals surface area contributed by atoms with Crippen LogP contribution in [0.25, 0.3) is 11.3 Å². The first-order valence-corrected chi connectivity index (χ1v) is 10.1. The van der Waals surface area contributed by atoms with Gasteiger partial charge in [0.1, 0.15) is 4.90 Å². The van der Waals surface area contributed by atoms with Crippen molar-refractivity contribution in [3.63, 3.8) is 0 Å². The largest absolute Gasteiger partial charge is 0.355 e. The average molecular weight is 399 g/mol. The van der Waals surface area contributed by atoms with Gasteiger partial charge in [0.2, 0.25) is 10.0 Å². The third-order valence-corrected chi connectivity index (χ3v) is 6.36. The maximum absolute atomic E-state index is 12.7. The van der Waals surface area contributed by atoms with Crippen molar-refractivity contribution < 1.29 is 17.7 Å². The van der Waals surface area contributed by atoms with Crippen molar-refractivity contribution in [2.24, 2.45) is 0 Å². The molecular weight excluding hydrogens is 382 g/mol. The molecule has 1 amide bonds. The zero-order chi connectivity index (χ0) is 19.6. The summed E-state index contributed by atoms with van der Waals surface area (Å²) in [5.74, 6) is 0.159. The van der Waals surface area contributed by atoms with Gasteiger partial charge in [-0.1, -0.05) is 5.16 Å². The molecule has 0 aromatic carbocycles. The Morgan fingerprint density at radius 2 is 1.71 bits per heavy atom. The molecule has 1 saturated heterocycles. The Morgan fingerprint density at radius 1 is 1.00 bits per heavy atom. The van der Waals surface area contributed by atoms with E-state index in [1.807, 2.05) is 6.07 Å². The number of hydrogen-bond donors (Lipinski definition) is 0. The highest BCUT2D eigenvalue weighted by Gasteiger charge is 2.31. The van der Waals surface area contributed by atoms with E-state index in [4.69, 9.17) is 4.52 Å². The van der Waals surface area contributed by atoms with Crippen molar-refractivity contribution in [3.8, 4) is 11.3 Å². The summed E-state index contributed by atoms with van der Waals surface area (Å²) in [6.45, 7) is 0.952. The molecule has 9 nitrogen and oxygen atoms in total. The number of pyridine rings is 2.